The zero-order chi connectivity index (χ0) is 87.2. The van der Waals surface area contributed by atoms with Crippen molar-refractivity contribution in [3.05, 3.63) is 90.1 Å². The van der Waals surface area contributed by atoms with Crippen LogP contribution in [0.1, 0.15) is 161 Å². The maximum atomic E-state index is 13.9. The van der Waals surface area contributed by atoms with Gasteiger partial charge in [-0.3, -0.25) is 29.6 Å². The lowest BCUT2D eigenvalue weighted by Gasteiger charge is -2.48. The van der Waals surface area contributed by atoms with E-state index in [1.165, 1.54) is 28.4 Å². The third-order valence-electron chi connectivity index (χ3n) is 25.3. The van der Waals surface area contributed by atoms with Gasteiger partial charge in [0.05, 0.1) is 108 Å². The van der Waals surface area contributed by atoms with Crippen LogP contribution in [0, 0.1) is 40.8 Å². The monoisotopic (exact) mass is 1670 g/mol. The second-order valence-corrected chi connectivity index (χ2v) is 42.5. The Morgan fingerprint density at radius 2 is 0.957 bits per heavy atom. The zero-order valence-corrected chi connectivity index (χ0v) is 76.1. The first-order chi connectivity index (χ1) is 55.5. The van der Waals surface area contributed by atoms with Gasteiger partial charge in [-0.15, -0.1) is 0 Å². The number of morpholine rings is 2. The topological polar surface area (TPSA) is 321 Å². The van der Waals surface area contributed by atoms with Crippen LogP contribution in [0.5, 0.6) is 69.0 Å². The van der Waals surface area contributed by atoms with Gasteiger partial charge in [-0.2, -0.15) is 0 Å². The minimum absolute atomic E-state index is 0.00594. The highest BCUT2D eigenvalue weighted by molar-refractivity contribution is 6.75. The lowest BCUT2D eigenvalue weighted by Crippen LogP contribution is -2.60. The fourth-order valence-corrected chi connectivity index (χ4v) is 23.3. The molecule has 0 aliphatic carbocycles. The summed E-state index contributed by atoms with van der Waals surface area (Å²) in [6.07, 6.45) is 1.79. The predicted molar refractivity (Wildman–Crippen MR) is 452 cm³/mol. The maximum Gasteiger partial charge on any atom is 0.371 e. The number of ether oxygens (including phenoxy) is 12. The lowest BCUT2D eigenvalue weighted by atomic mass is 9.77. The molecule has 8 unspecified atom stereocenters. The highest BCUT2D eigenvalue weighted by Crippen LogP contribution is 2.56. The van der Waals surface area contributed by atoms with Gasteiger partial charge in [0.1, 0.15) is 41.1 Å². The summed E-state index contributed by atoms with van der Waals surface area (Å²) in [6.45, 7) is 55.6. The molecule has 2 saturated heterocycles. The Kier molecular flexibility index (Phi) is 34.8. The van der Waals surface area contributed by atoms with Crippen LogP contribution in [0.15, 0.2) is 6.07 Å². The highest BCUT2D eigenvalue weighted by atomic mass is 28.4. The average molecular weight is 1670 g/mol. The van der Waals surface area contributed by atoms with Crippen molar-refractivity contribution in [3.8, 4) is 69.0 Å². The second kappa shape index (κ2) is 42.4. The number of phenols is 4. The Hall–Kier alpha value is -7.90. The van der Waals surface area contributed by atoms with Gasteiger partial charge in [0, 0.05) is 120 Å². The smallest absolute Gasteiger partial charge is 0.371 e. The van der Waals surface area contributed by atoms with E-state index in [-0.39, 0.29) is 91.1 Å². The molecule has 0 bridgehead atoms. The summed E-state index contributed by atoms with van der Waals surface area (Å²) < 4.78 is 82.0. The van der Waals surface area contributed by atoms with Gasteiger partial charge in [-0.1, -0.05) is 55.4 Å². The Morgan fingerprint density at radius 1 is 0.573 bits per heavy atom. The molecule has 2 fully saturated rings. The van der Waals surface area contributed by atoms with Gasteiger partial charge < -0.3 is 91.9 Å². The molecule has 5 aliphatic rings. The van der Waals surface area contributed by atoms with E-state index >= 15 is 0 Å². The van der Waals surface area contributed by atoms with E-state index in [0.29, 0.717) is 172 Å². The molecule has 0 saturated carbocycles. The van der Waals surface area contributed by atoms with Crippen molar-refractivity contribution >= 4 is 34.9 Å². The van der Waals surface area contributed by atoms with Gasteiger partial charge in [-0.05, 0) is 128 Å². The third kappa shape index (κ3) is 20.1. The molecule has 7 N–H and O–H groups in total. The molecule has 5 heterocycles. The van der Waals surface area contributed by atoms with E-state index in [9.17, 15) is 34.8 Å². The fraction of sp³-hybridized carbons (Fsp3) is 0.663. The molecule has 0 amide bonds. The van der Waals surface area contributed by atoms with Gasteiger partial charge in [0.15, 0.2) is 62.6 Å². The van der Waals surface area contributed by atoms with E-state index in [2.05, 4.69) is 108 Å². The minimum atomic E-state index is -1.94. The van der Waals surface area contributed by atoms with E-state index < -0.39 is 71.1 Å². The van der Waals surface area contributed by atoms with Crippen molar-refractivity contribution in [2.24, 2.45) is 5.73 Å². The van der Waals surface area contributed by atoms with Crippen LogP contribution in [0.25, 0.3) is 9.69 Å². The highest BCUT2D eigenvalue weighted by Gasteiger charge is 2.53. The molecular weight excluding hydrogens is 1540 g/mol. The number of benzene rings is 4. The maximum absolute atomic E-state index is 13.9. The summed E-state index contributed by atoms with van der Waals surface area (Å²) in [7, 11) is 12.4. The molecule has 652 valence electrons. The summed E-state index contributed by atoms with van der Waals surface area (Å²) in [4.78, 5) is 50.4. The predicted octanol–water partition coefficient (Wildman–Crippen LogP) is 11.9. The average Bonchev–Trinajstić information content (AvgIpc) is 0.723. The molecule has 4 aromatic carbocycles. The van der Waals surface area contributed by atoms with E-state index in [1.54, 1.807) is 55.3 Å². The largest absolute Gasteiger partial charge is 0.504 e. The molecule has 0 radical (unpaired) electrons. The molecule has 11 atom stereocenters. The number of esters is 2. The van der Waals surface area contributed by atoms with Crippen LogP contribution in [0.3, 0.4) is 0 Å². The van der Waals surface area contributed by atoms with Gasteiger partial charge in [0.25, 0.3) is 12.3 Å². The number of carbonyl (C=O) groups excluding carboxylic acids is 3. The molecule has 117 heavy (non-hydrogen) atoms. The summed E-state index contributed by atoms with van der Waals surface area (Å²) in [5, 5.41) is 50.0. The van der Waals surface area contributed by atoms with E-state index in [1.807, 2.05) is 34.9 Å². The Labute approximate surface area is 696 Å². The summed E-state index contributed by atoms with van der Waals surface area (Å²) in [5.74, 6) is 1.79. The minimum Gasteiger partial charge on any atom is -0.504 e. The summed E-state index contributed by atoms with van der Waals surface area (Å²) in [5.41, 5.74) is 16.1. The number of likely N-dealkylation sites (N-methyl/N-ethyl adjacent to an activating group) is 2. The van der Waals surface area contributed by atoms with Crippen LogP contribution in [-0.2, 0) is 67.9 Å². The first-order valence-corrected chi connectivity index (χ1v) is 45.9. The van der Waals surface area contributed by atoms with Crippen molar-refractivity contribution in [2.45, 2.75) is 238 Å². The standard InChI is InChI=1S/C43H66N4O10Si.C39H62N4O8Si.C4H6O3/c1-15-55-43(50)34-32-28(38(51-10)25(6)40(53-12)36(32)48)20-30(45-34)35-33-29(39(52-11)26(7)41(54-13)37(33)49)21-31(46(35)9)42(44-8)47-17-19-56-27(22-47)16-18-57-58(14,23(2)3)24(4)5;1-22(2)52(13,23(3)4)51-16-14-27-21-43(15-17-50-27)39(41-7)30-20-28-32(34(45)38(49-12)25(6)36(28)47-10)33(42(30)8)29(40)18-26-19-31(44)37(48-11)24(5)35(26)46-9;1-2-7-4(6)3-5/h23-24,27,30-31,34-35,42,45,48-49H,15-22H2,1-7,9-14H3;19,22-23,27,29-30,33,39,44-45H,14-18,20-21,40H2,1-6,8-13H3;3H,2H2,1H3/t27-,30?,31?,34+,35?,42?;27-,29?,30?,33?,39?;/m00./s1. The molecule has 29 nitrogen and oxygen atoms in total. The SMILES string of the molecule is CCOC(=O)C=O.[C-]#[N+]C(C1Cc2c(OC)c(C)c(OC)c(O)c2C(C(N)Cc2cc(O)c(OC)c(C)c2OC)N1C)N1CCO[C@@H](CCO[Si](C)(C(C)C)C(C)C)C1.[C-]#[N+]C(C1Cc2c(OC)c(C)c(OC)c(O)c2C(C2Cc3c(OC)c(C)c(OC)c(O)c3[C@H](C(=O)OCC)N2)N1C)N1CCO[C@@H](CCO[Si](C)(C(C)C)C(C)C)C1. The number of hydrogen-bond acceptors (Lipinski definition) is 27. The molecule has 9 rings (SSSR count). The number of carbonyl (C=O) groups is 3. The van der Waals surface area contributed by atoms with Crippen LogP contribution >= 0.6 is 0 Å². The van der Waals surface area contributed by atoms with Crippen molar-refractivity contribution < 1.29 is 101 Å². The summed E-state index contributed by atoms with van der Waals surface area (Å²) >= 11 is 0. The third-order valence-corrected chi connectivity index (χ3v) is 36.1. The second-order valence-electron chi connectivity index (χ2n) is 32.5. The van der Waals surface area contributed by atoms with Crippen LogP contribution in [0.2, 0.25) is 35.3 Å². The lowest BCUT2D eigenvalue weighted by molar-refractivity contribution is -0.148. The Morgan fingerprint density at radius 3 is 1.34 bits per heavy atom. The summed E-state index contributed by atoms with van der Waals surface area (Å²) in [6, 6.07) is -2.54. The first-order valence-electron chi connectivity index (χ1n) is 40.8. The zero-order valence-electron chi connectivity index (χ0n) is 74.1. The van der Waals surface area contributed by atoms with Crippen LogP contribution < -0.4 is 48.9 Å². The number of aromatic hydroxyl groups is 4. The first kappa shape index (κ1) is 96.2. The van der Waals surface area contributed by atoms with E-state index in [4.69, 9.17) is 79.8 Å². The number of methoxy groups -OCH3 is 8. The Balaban J connectivity index is 0.000000300. The fourth-order valence-electron chi connectivity index (χ4n) is 18.2. The van der Waals surface area contributed by atoms with Crippen molar-refractivity contribution in [1.82, 2.24) is 24.9 Å². The van der Waals surface area contributed by atoms with Crippen LogP contribution in [0.4, 0.5) is 0 Å². The molecule has 4 aromatic rings. The molecule has 5 aliphatic heterocycles. The van der Waals surface area contributed by atoms with Crippen LogP contribution in [-0.4, -0.2) is 260 Å². The number of aldehydes is 1. The normalized spacial score (nSPS) is 21.3. The quantitative estimate of drug-likeness (QED) is 0.00870. The number of nitrogens with two attached hydrogens (primary N) is 1. The number of hydrogen-bond donors (Lipinski definition) is 6. The van der Waals surface area contributed by atoms with Gasteiger partial charge >= 0.3 is 11.9 Å². The Bertz CT molecular complexity index is 4140. The molecular formula is C86H134N8O21Si2. The van der Waals surface area contributed by atoms with E-state index in [0.717, 1.165) is 24.0 Å². The van der Waals surface area contributed by atoms with Gasteiger partial charge in [0.2, 0.25) is 6.29 Å². The number of nitrogens with one attached hydrogen (secondary N) is 1. The number of phenolic OH excluding ortho intramolecular Hbond substituents is 4. The molecule has 0 spiro atoms. The number of rotatable bonds is 32. The molecule has 0 aromatic heterocycles. The molecule has 31 heteroatoms. The van der Waals surface area contributed by atoms with Crippen molar-refractivity contribution in [1.29, 1.82) is 0 Å². The van der Waals surface area contributed by atoms with Crippen molar-refractivity contribution in [2.75, 3.05) is 137 Å². The van der Waals surface area contributed by atoms with Crippen molar-refractivity contribution in [3.63, 3.8) is 0 Å². The number of nitrogens with zero attached hydrogens (tertiary/aromatic N) is 6. The van der Waals surface area contributed by atoms with Gasteiger partial charge in [-0.25, -0.2) is 32.5 Å². The number of fused-ring (bicyclic) bond motifs is 3.